The van der Waals surface area contributed by atoms with Crippen LogP contribution >= 0.6 is 23.2 Å². The molecule has 90 valence electrons. The average Bonchev–Trinajstić information content (AvgIpc) is 2.15. The van der Waals surface area contributed by atoms with Crippen molar-refractivity contribution in [2.75, 3.05) is 0 Å². The van der Waals surface area contributed by atoms with E-state index in [2.05, 4.69) is 25.8 Å². The van der Waals surface area contributed by atoms with Gasteiger partial charge in [-0.05, 0) is 25.3 Å². The number of nitrogens with zero attached hydrogens (tertiary/aromatic N) is 1. The second-order valence-corrected chi connectivity index (χ2v) is 5.14. The molecule has 2 nitrogen and oxygen atoms in total. The van der Waals surface area contributed by atoms with Crippen molar-refractivity contribution < 1.29 is 4.74 Å². The summed E-state index contributed by atoms with van der Waals surface area (Å²) in [6.07, 6.45) is 2.93. The summed E-state index contributed by atoms with van der Waals surface area (Å²) in [5.74, 6) is 0.633. The van der Waals surface area contributed by atoms with Crippen LogP contribution < -0.4 is 0 Å². The van der Waals surface area contributed by atoms with Gasteiger partial charge in [0, 0.05) is 11.8 Å². The predicted molar refractivity (Wildman–Crippen MR) is 68.0 cm³/mol. The number of pyridine rings is 1. The minimum atomic E-state index is 0.228. The van der Waals surface area contributed by atoms with Gasteiger partial charge in [-0.25, -0.2) is 4.98 Å². The zero-order chi connectivity index (χ0) is 12.1. The molecule has 0 fully saturated rings. The van der Waals surface area contributed by atoms with E-state index in [1.165, 1.54) is 0 Å². The molecule has 0 N–H and O–H groups in total. The van der Waals surface area contributed by atoms with Crippen LogP contribution in [0.5, 0.6) is 0 Å². The van der Waals surface area contributed by atoms with Crippen molar-refractivity contribution in [1.82, 2.24) is 4.98 Å². The third kappa shape index (κ3) is 4.69. The van der Waals surface area contributed by atoms with Crippen molar-refractivity contribution in [3.63, 3.8) is 0 Å². The molecular formula is C12H17Cl2NO. The Bertz CT molecular complexity index is 342. The van der Waals surface area contributed by atoms with Crippen molar-refractivity contribution in [3.05, 3.63) is 28.0 Å². The van der Waals surface area contributed by atoms with Crippen molar-refractivity contribution >= 4 is 23.2 Å². The highest BCUT2D eigenvalue weighted by molar-refractivity contribution is 6.34. The summed E-state index contributed by atoms with van der Waals surface area (Å²) in [4.78, 5) is 3.98. The molecule has 0 amide bonds. The van der Waals surface area contributed by atoms with Gasteiger partial charge in [-0.15, -0.1) is 0 Å². The zero-order valence-corrected chi connectivity index (χ0v) is 11.3. The maximum Gasteiger partial charge on any atom is 0.130 e. The van der Waals surface area contributed by atoms with Crippen LogP contribution in [0.2, 0.25) is 10.2 Å². The number of rotatable bonds is 5. The largest absolute Gasteiger partial charge is 0.374 e. The summed E-state index contributed by atoms with van der Waals surface area (Å²) in [6.45, 7) is 6.90. The van der Waals surface area contributed by atoms with E-state index in [4.69, 9.17) is 27.9 Å². The van der Waals surface area contributed by atoms with E-state index in [9.17, 15) is 0 Å². The van der Waals surface area contributed by atoms with Gasteiger partial charge in [0.2, 0.25) is 0 Å². The maximum absolute atomic E-state index is 6.01. The molecule has 0 aliphatic heterocycles. The van der Waals surface area contributed by atoms with Gasteiger partial charge in [-0.3, -0.25) is 0 Å². The van der Waals surface area contributed by atoms with Crippen LogP contribution in [-0.4, -0.2) is 11.1 Å². The molecular weight excluding hydrogens is 245 g/mol. The van der Waals surface area contributed by atoms with Gasteiger partial charge in [-0.1, -0.05) is 37.0 Å². The van der Waals surface area contributed by atoms with E-state index < -0.39 is 0 Å². The standard InChI is InChI=1S/C12H17Cl2NO/c1-8(2)4-9(3)16-7-10-6-15-12(14)5-11(10)13/h5-6,8-9H,4,7H2,1-3H3. The Kier molecular flexibility index (Phi) is 5.53. The normalized spacial score (nSPS) is 13.1. The molecule has 0 aliphatic rings. The van der Waals surface area contributed by atoms with Crippen molar-refractivity contribution in [3.8, 4) is 0 Å². The quantitative estimate of drug-likeness (QED) is 0.736. The zero-order valence-electron chi connectivity index (χ0n) is 9.84. The van der Waals surface area contributed by atoms with Crippen LogP contribution in [0.15, 0.2) is 12.3 Å². The molecule has 1 atom stereocenters. The van der Waals surface area contributed by atoms with E-state index >= 15 is 0 Å². The fourth-order valence-corrected chi connectivity index (χ4v) is 1.93. The number of hydrogen-bond donors (Lipinski definition) is 0. The third-order valence-electron chi connectivity index (χ3n) is 2.22. The van der Waals surface area contributed by atoms with Crippen LogP contribution in [0.4, 0.5) is 0 Å². The summed E-state index contributed by atoms with van der Waals surface area (Å²) in [5, 5.41) is 1.01. The van der Waals surface area contributed by atoms with Gasteiger partial charge in [0.05, 0.1) is 17.7 Å². The summed E-state index contributed by atoms with van der Waals surface area (Å²) in [5.41, 5.74) is 0.877. The molecule has 0 aliphatic carbocycles. The molecule has 0 bridgehead atoms. The maximum atomic E-state index is 6.01. The van der Waals surface area contributed by atoms with E-state index in [1.807, 2.05) is 0 Å². The highest BCUT2D eigenvalue weighted by atomic mass is 35.5. The molecule has 16 heavy (non-hydrogen) atoms. The van der Waals surface area contributed by atoms with Crippen LogP contribution in [0, 0.1) is 5.92 Å². The Morgan fingerprint density at radius 2 is 2.00 bits per heavy atom. The van der Waals surface area contributed by atoms with E-state index in [0.717, 1.165) is 12.0 Å². The molecule has 1 aromatic heterocycles. The van der Waals surface area contributed by atoms with Gasteiger partial charge in [-0.2, -0.15) is 0 Å². The van der Waals surface area contributed by atoms with E-state index in [-0.39, 0.29) is 6.10 Å². The second-order valence-electron chi connectivity index (χ2n) is 4.35. The fraction of sp³-hybridized carbons (Fsp3) is 0.583. The Morgan fingerprint density at radius 3 is 2.56 bits per heavy atom. The molecule has 0 saturated heterocycles. The highest BCUT2D eigenvalue weighted by Crippen LogP contribution is 2.20. The number of halogens is 2. The number of aromatic nitrogens is 1. The molecule has 1 rings (SSSR count). The Balaban J connectivity index is 2.48. The topological polar surface area (TPSA) is 22.1 Å². The lowest BCUT2D eigenvalue weighted by Gasteiger charge is -2.15. The van der Waals surface area contributed by atoms with Gasteiger partial charge in [0.25, 0.3) is 0 Å². The third-order valence-corrected chi connectivity index (χ3v) is 2.78. The first-order valence-corrected chi connectivity index (χ1v) is 6.16. The first-order chi connectivity index (χ1) is 7.49. The number of ether oxygens (including phenoxy) is 1. The summed E-state index contributed by atoms with van der Waals surface area (Å²) in [7, 11) is 0. The lowest BCUT2D eigenvalue weighted by atomic mass is 10.1. The summed E-state index contributed by atoms with van der Waals surface area (Å²) >= 11 is 11.7. The van der Waals surface area contributed by atoms with E-state index in [1.54, 1.807) is 12.3 Å². The Hall–Kier alpha value is -0.310. The monoisotopic (exact) mass is 261 g/mol. The molecule has 1 unspecified atom stereocenters. The Morgan fingerprint density at radius 1 is 1.31 bits per heavy atom. The highest BCUT2D eigenvalue weighted by Gasteiger charge is 2.08. The van der Waals surface area contributed by atoms with Crippen LogP contribution in [0.1, 0.15) is 32.8 Å². The molecule has 0 saturated carbocycles. The smallest absolute Gasteiger partial charge is 0.130 e. The second kappa shape index (κ2) is 6.43. The molecule has 0 aromatic carbocycles. The lowest BCUT2D eigenvalue weighted by Crippen LogP contribution is -2.11. The molecule has 1 aromatic rings. The SMILES string of the molecule is CC(C)CC(C)OCc1cnc(Cl)cc1Cl. The molecule has 1 heterocycles. The van der Waals surface area contributed by atoms with Gasteiger partial charge in [0.1, 0.15) is 5.15 Å². The summed E-state index contributed by atoms with van der Waals surface area (Å²) < 4.78 is 5.69. The first kappa shape index (κ1) is 13.8. The van der Waals surface area contributed by atoms with Crippen LogP contribution in [0.25, 0.3) is 0 Å². The molecule has 0 radical (unpaired) electrons. The van der Waals surface area contributed by atoms with E-state index in [0.29, 0.717) is 22.7 Å². The van der Waals surface area contributed by atoms with Gasteiger partial charge < -0.3 is 4.74 Å². The van der Waals surface area contributed by atoms with Gasteiger partial charge >= 0.3 is 0 Å². The fourth-order valence-electron chi connectivity index (χ4n) is 1.51. The van der Waals surface area contributed by atoms with Crippen LogP contribution in [-0.2, 0) is 11.3 Å². The molecule has 4 heteroatoms. The predicted octanol–water partition coefficient (Wildman–Crippen LogP) is 4.34. The van der Waals surface area contributed by atoms with Gasteiger partial charge in [0.15, 0.2) is 0 Å². The minimum Gasteiger partial charge on any atom is -0.374 e. The van der Waals surface area contributed by atoms with Crippen LogP contribution in [0.3, 0.4) is 0 Å². The minimum absolute atomic E-state index is 0.228. The first-order valence-electron chi connectivity index (χ1n) is 5.40. The van der Waals surface area contributed by atoms with Crippen molar-refractivity contribution in [2.24, 2.45) is 5.92 Å². The van der Waals surface area contributed by atoms with Crippen molar-refractivity contribution in [2.45, 2.75) is 39.9 Å². The molecule has 0 spiro atoms. The Labute approximate surface area is 107 Å². The summed E-state index contributed by atoms with van der Waals surface area (Å²) in [6, 6.07) is 1.63. The average molecular weight is 262 g/mol. The lowest BCUT2D eigenvalue weighted by molar-refractivity contribution is 0.0396. The van der Waals surface area contributed by atoms with Crippen molar-refractivity contribution in [1.29, 1.82) is 0 Å². The number of hydrogen-bond acceptors (Lipinski definition) is 2.